The fraction of sp³-hybridized carbons (Fsp3) is 0.636. The topological polar surface area (TPSA) is 57.6 Å². The van der Waals surface area contributed by atoms with Crippen LogP contribution in [0.2, 0.25) is 0 Å². The Morgan fingerprint density at radius 2 is 2.13 bits per heavy atom. The molecule has 0 aliphatic carbocycles. The fourth-order valence-corrected chi connectivity index (χ4v) is 1.96. The molecule has 2 atom stereocenters. The highest BCUT2D eigenvalue weighted by Crippen LogP contribution is 2.23. The predicted octanol–water partition coefficient (Wildman–Crippen LogP) is 1.27. The van der Waals surface area contributed by atoms with E-state index in [2.05, 4.69) is 0 Å². The number of carbonyl (C=O) groups is 2. The van der Waals surface area contributed by atoms with Crippen LogP contribution in [0.1, 0.15) is 26.7 Å². The molecule has 1 saturated heterocycles. The summed E-state index contributed by atoms with van der Waals surface area (Å²) >= 11 is 0. The molecule has 0 aromatic heterocycles. The van der Waals surface area contributed by atoms with Gasteiger partial charge in [-0.2, -0.15) is 0 Å². The third kappa shape index (κ3) is 2.81. The highest BCUT2D eigenvalue weighted by atomic mass is 16.4. The summed E-state index contributed by atoms with van der Waals surface area (Å²) < 4.78 is 0. The van der Waals surface area contributed by atoms with Gasteiger partial charge >= 0.3 is 5.97 Å². The van der Waals surface area contributed by atoms with Crippen molar-refractivity contribution < 1.29 is 14.7 Å². The van der Waals surface area contributed by atoms with Crippen molar-refractivity contribution in [1.29, 1.82) is 0 Å². The lowest BCUT2D eigenvalue weighted by Crippen LogP contribution is -2.45. The monoisotopic (exact) mass is 211 g/mol. The Hall–Kier alpha value is -1.32. The zero-order valence-electron chi connectivity index (χ0n) is 9.14. The van der Waals surface area contributed by atoms with E-state index in [1.807, 2.05) is 6.92 Å². The molecule has 0 spiro atoms. The van der Waals surface area contributed by atoms with Gasteiger partial charge in [-0.05, 0) is 32.8 Å². The summed E-state index contributed by atoms with van der Waals surface area (Å²) in [6, 6.07) is 0.0172. The molecule has 1 fully saturated rings. The van der Waals surface area contributed by atoms with Crippen LogP contribution < -0.4 is 0 Å². The molecule has 1 aliphatic rings. The second-order valence-electron chi connectivity index (χ2n) is 3.94. The minimum absolute atomic E-state index is 0.0172. The second-order valence-corrected chi connectivity index (χ2v) is 3.94. The standard InChI is InChI=1S/C11H17NO3/c1-3-4-10(13)12-6-5-9(11(14)15)7-8(12)2/h3-4,8-9H,5-7H2,1-2H3,(H,14,15)/b4-3+. The maximum Gasteiger partial charge on any atom is 0.306 e. The van der Waals surface area contributed by atoms with Gasteiger partial charge in [-0.3, -0.25) is 9.59 Å². The zero-order valence-corrected chi connectivity index (χ0v) is 9.14. The third-order valence-electron chi connectivity index (χ3n) is 2.82. The van der Waals surface area contributed by atoms with Gasteiger partial charge in [0, 0.05) is 12.6 Å². The zero-order chi connectivity index (χ0) is 11.4. The molecule has 4 nitrogen and oxygen atoms in total. The Kier molecular flexibility index (Phi) is 3.88. The molecule has 15 heavy (non-hydrogen) atoms. The van der Waals surface area contributed by atoms with E-state index in [1.54, 1.807) is 17.9 Å². The number of rotatable bonds is 2. The lowest BCUT2D eigenvalue weighted by Gasteiger charge is -2.35. The van der Waals surface area contributed by atoms with Crippen molar-refractivity contribution in [2.75, 3.05) is 6.54 Å². The van der Waals surface area contributed by atoms with Gasteiger partial charge in [0.1, 0.15) is 0 Å². The van der Waals surface area contributed by atoms with Crippen molar-refractivity contribution in [1.82, 2.24) is 4.90 Å². The van der Waals surface area contributed by atoms with Crippen LogP contribution in [0.5, 0.6) is 0 Å². The van der Waals surface area contributed by atoms with Crippen molar-refractivity contribution in [3.05, 3.63) is 12.2 Å². The van der Waals surface area contributed by atoms with Crippen molar-refractivity contribution >= 4 is 11.9 Å². The molecule has 1 heterocycles. The van der Waals surface area contributed by atoms with E-state index in [9.17, 15) is 9.59 Å². The Balaban J connectivity index is 2.60. The molecule has 1 aliphatic heterocycles. The molecular weight excluding hydrogens is 194 g/mol. The number of hydrogen-bond donors (Lipinski definition) is 1. The first kappa shape index (κ1) is 11.8. The number of nitrogens with zero attached hydrogens (tertiary/aromatic N) is 1. The van der Waals surface area contributed by atoms with Gasteiger partial charge in [0.05, 0.1) is 5.92 Å². The van der Waals surface area contributed by atoms with Gasteiger partial charge < -0.3 is 10.0 Å². The Morgan fingerprint density at radius 1 is 1.47 bits per heavy atom. The summed E-state index contributed by atoms with van der Waals surface area (Å²) in [5.41, 5.74) is 0. The predicted molar refractivity (Wildman–Crippen MR) is 56.3 cm³/mol. The van der Waals surface area contributed by atoms with Crippen LogP contribution >= 0.6 is 0 Å². The van der Waals surface area contributed by atoms with E-state index in [1.165, 1.54) is 6.08 Å². The summed E-state index contributed by atoms with van der Waals surface area (Å²) in [5, 5.41) is 8.87. The van der Waals surface area contributed by atoms with E-state index < -0.39 is 5.97 Å². The normalized spacial score (nSPS) is 26.9. The largest absolute Gasteiger partial charge is 0.481 e. The van der Waals surface area contributed by atoms with Crippen LogP contribution in [0, 0.1) is 5.92 Å². The molecule has 1 amide bonds. The lowest BCUT2D eigenvalue weighted by atomic mass is 9.91. The maximum absolute atomic E-state index is 11.6. The summed E-state index contributed by atoms with van der Waals surface area (Å²) in [6.07, 6.45) is 4.34. The van der Waals surface area contributed by atoms with E-state index in [0.29, 0.717) is 19.4 Å². The van der Waals surface area contributed by atoms with Crippen LogP contribution in [0.15, 0.2) is 12.2 Å². The summed E-state index contributed by atoms with van der Waals surface area (Å²) in [7, 11) is 0. The average molecular weight is 211 g/mol. The fourth-order valence-electron chi connectivity index (χ4n) is 1.96. The van der Waals surface area contributed by atoms with Gasteiger partial charge in [0.2, 0.25) is 5.91 Å². The number of carbonyl (C=O) groups excluding carboxylic acids is 1. The van der Waals surface area contributed by atoms with Gasteiger partial charge in [-0.1, -0.05) is 6.08 Å². The minimum Gasteiger partial charge on any atom is -0.481 e. The molecule has 84 valence electrons. The first-order valence-corrected chi connectivity index (χ1v) is 5.22. The highest BCUT2D eigenvalue weighted by molar-refractivity contribution is 5.88. The molecule has 0 bridgehead atoms. The molecule has 2 unspecified atom stereocenters. The molecule has 0 aromatic carbocycles. The first-order valence-electron chi connectivity index (χ1n) is 5.22. The van der Waals surface area contributed by atoms with Crippen molar-refractivity contribution in [3.8, 4) is 0 Å². The van der Waals surface area contributed by atoms with Crippen LogP contribution in [0.4, 0.5) is 0 Å². The van der Waals surface area contributed by atoms with Crippen molar-refractivity contribution in [3.63, 3.8) is 0 Å². The molecule has 4 heteroatoms. The minimum atomic E-state index is -0.750. The summed E-state index contributed by atoms with van der Waals surface area (Å²) in [4.78, 5) is 24.1. The van der Waals surface area contributed by atoms with Crippen LogP contribution in [0.25, 0.3) is 0 Å². The molecule has 1 N–H and O–H groups in total. The van der Waals surface area contributed by atoms with E-state index in [0.717, 1.165) is 0 Å². The van der Waals surface area contributed by atoms with Crippen molar-refractivity contribution in [2.45, 2.75) is 32.7 Å². The van der Waals surface area contributed by atoms with Gasteiger partial charge in [-0.25, -0.2) is 0 Å². The van der Waals surface area contributed by atoms with Crippen LogP contribution in [-0.4, -0.2) is 34.5 Å². The number of carboxylic acids is 1. The molecule has 0 saturated carbocycles. The number of aliphatic carboxylic acids is 1. The first-order chi connectivity index (χ1) is 7.06. The number of hydrogen-bond acceptors (Lipinski definition) is 2. The number of allylic oxidation sites excluding steroid dienone is 1. The molecule has 0 radical (unpaired) electrons. The van der Waals surface area contributed by atoms with Gasteiger partial charge in [0.15, 0.2) is 0 Å². The van der Waals surface area contributed by atoms with E-state index in [-0.39, 0.29) is 17.9 Å². The van der Waals surface area contributed by atoms with Crippen molar-refractivity contribution in [2.24, 2.45) is 5.92 Å². The second kappa shape index (κ2) is 4.96. The van der Waals surface area contributed by atoms with E-state index in [4.69, 9.17) is 5.11 Å². The smallest absolute Gasteiger partial charge is 0.306 e. The molecule has 0 aromatic rings. The molecule has 1 rings (SSSR count). The van der Waals surface area contributed by atoms with Gasteiger partial charge in [0.25, 0.3) is 0 Å². The summed E-state index contributed by atoms with van der Waals surface area (Å²) in [6.45, 7) is 4.24. The lowest BCUT2D eigenvalue weighted by molar-refractivity contribution is -0.146. The number of amides is 1. The van der Waals surface area contributed by atoms with Gasteiger partial charge in [-0.15, -0.1) is 0 Å². The number of carboxylic acid groups (broad SMARTS) is 1. The third-order valence-corrected chi connectivity index (χ3v) is 2.82. The number of piperidine rings is 1. The summed E-state index contributed by atoms with van der Waals surface area (Å²) in [5.74, 6) is -1.07. The average Bonchev–Trinajstić information content (AvgIpc) is 2.17. The van der Waals surface area contributed by atoms with Crippen LogP contribution in [0.3, 0.4) is 0 Å². The Bertz CT molecular complexity index is 286. The highest BCUT2D eigenvalue weighted by Gasteiger charge is 2.31. The Labute approximate surface area is 89.6 Å². The van der Waals surface area contributed by atoms with E-state index >= 15 is 0 Å². The SMILES string of the molecule is C/C=C/C(=O)N1CCC(C(=O)O)CC1C. The maximum atomic E-state index is 11.6. The van der Waals surface area contributed by atoms with Crippen LogP contribution in [-0.2, 0) is 9.59 Å². The number of likely N-dealkylation sites (tertiary alicyclic amines) is 1. The molecular formula is C11H17NO3. The quantitative estimate of drug-likeness (QED) is 0.700. The Morgan fingerprint density at radius 3 is 2.60 bits per heavy atom.